The molecule has 102 valence electrons. The van der Waals surface area contributed by atoms with Crippen molar-refractivity contribution >= 4 is 38.9 Å². The summed E-state index contributed by atoms with van der Waals surface area (Å²) in [6, 6.07) is 8.80. The van der Waals surface area contributed by atoms with Crippen molar-refractivity contribution < 1.29 is 4.39 Å². The SMILES string of the molecule is CCCNC(c1ccc(Cl)s1)c1ccc(Br)cc1F. The molecule has 0 saturated heterocycles. The monoisotopic (exact) mass is 361 g/mol. The second kappa shape index (κ2) is 6.84. The maximum absolute atomic E-state index is 14.1. The number of hydrogen-bond acceptors (Lipinski definition) is 2. The van der Waals surface area contributed by atoms with Gasteiger partial charge in [0, 0.05) is 14.9 Å². The minimum atomic E-state index is -0.215. The summed E-state index contributed by atoms with van der Waals surface area (Å²) in [6.45, 7) is 2.92. The Bertz CT molecular complexity index is 558. The molecule has 1 nitrogen and oxygen atoms in total. The third-order valence-electron chi connectivity index (χ3n) is 2.75. The lowest BCUT2D eigenvalue weighted by Crippen LogP contribution is -2.23. The Hall–Kier alpha value is -0.420. The number of rotatable bonds is 5. The number of nitrogens with one attached hydrogen (secondary N) is 1. The van der Waals surface area contributed by atoms with Gasteiger partial charge in [-0.1, -0.05) is 40.5 Å². The van der Waals surface area contributed by atoms with Gasteiger partial charge in [0.15, 0.2) is 0 Å². The molecule has 1 N–H and O–H groups in total. The van der Waals surface area contributed by atoms with Crippen LogP contribution in [0.2, 0.25) is 4.34 Å². The highest BCUT2D eigenvalue weighted by Gasteiger charge is 2.19. The predicted octanol–water partition coefficient (Wildman–Crippen LogP) is 5.39. The molecule has 2 aromatic rings. The van der Waals surface area contributed by atoms with Crippen molar-refractivity contribution in [3.8, 4) is 0 Å². The van der Waals surface area contributed by atoms with E-state index in [0.29, 0.717) is 5.56 Å². The molecule has 1 unspecified atom stereocenters. The topological polar surface area (TPSA) is 12.0 Å². The number of halogens is 3. The minimum absolute atomic E-state index is 0.148. The molecule has 0 spiro atoms. The van der Waals surface area contributed by atoms with Gasteiger partial charge in [0.25, 0.3) is 0 Å². The summed E-state index contributed by atoms with van der Waals surface area (Å²) in [5.41, 5.74) is 0.648. The third-order valence-corrected chi connectivity index (χ3v) is 4.54. The van der Waals surface area contributed by atoms with Crippen molar-refractivity contribution in [2.45, 2.75) is 19.4 Å². The first-order valence-corrected chi connectivity index (χ1v) is 8.04. The Morgan fingerprint density at radius 2 is 2.16 bits per heavy atom. The van der Waals surface area contributed by atoms with Gasteiger partial charge >= 0.3 is 0 Å². The van der Waals surface area contributed by atoms with Crippen LogP contribution in [0, 0.1) is 5.82 Å². The first-order chi connectivity index (χ1) is 9.11. The second-order valence-electron chi connectivity index (χ2n) is 4.19. The Balaban J connectivity index is 2.36. The highest BCUT2D eigenvalue weighted by atomic mass is 79.9. The van der Waals surface area contributed by atoms with Gasteiger partial charge in [-0.15, -0.1) is 11.3 Å². The van der Waals surface area contributed by atoms with Crippen LogP contribution in [-0.4, -0.2) is 6.54 Å². The van der Waals surface area contributed by atoms with E-state index in [0.717, 1.165) is 26.7 Å². The van der Waals surface area contributed by atoms with Gasteiger partial charge in [0.1, 0.15) is 5.82 Å². The summed E-state index contributed by atoms with van der Waals surface area (Å²) in [6.07, 6.45) is 0.994. The Kier molecular flexibility index (Phi) is 5.39. The summed E-state index contributed by atoms with van der Waals surface area (Å²) in [7, 11) is 0. The van der Waals surface area contributed by atoms with E-state index in [1.165, 1.54) is 17.4 Å². The zero-order valence-corrected chi connectivity index (χ0v) is 13.6. The molecule has 0 bridgehead atoms. The molecule has 5 heteroatoms. The summed E-state index contributed by atoms with van der Waals surface area (Å²) in [5, 5.41) is 3.37. The molecular formula is C14H14BrClFNS. The normalized spacial score (nSPS) is 12.6. The molecule has 0 amide bonds. The van der Waals surface area contributed by atoms with E-state index < -0.39 is 0 Å². The standard InChI is InChI=1S/C14H14BrClFNS/c1-2-7-18-14(12-5-6-13(16)19-12)10-4-3-9(15)8-11(10)17/h3-6,8,14,18H,2,7H2,1H3. The molecule has 0 saturated carbocycles. The maximum Gasteiger partial charge on any atom is 0.129 e. The van der Waals surface area contributed by atoms with Crippen LogP contribution in [0.1, 0.15) is 29.8 Å². The van der Waals surface area contributed by atoms with Crippen LogP contribution in [0.15, 0.2) is 34.8 Å². The predicted molar refractivity (Wildman–Crippen MR) is 83.6 cm³/mol. The van der Waals surface area contributed by atoms with E-state index in [1.807, 2.05) is 18.2 Å². The minimum Gasteiger partial charge on any atom is -0.306 e. The molecule has 0 aliphatic rings. The van der Waals surface area contributed by atoms with Gasteiger partial charge in [-0.25, -0.2) is 4.39 Å². The van der Waals surface area contributed by atoms with Gasteiger partial charge in [-0.3, -0.25) is 0 Å². The number of thiophene rings is 1. The zero-order chi connectivity index (χ0) is 13.8. The van der Waals surface area contributed by atoms with Crippen molar-refractivity contribution in [3.05, 3.63) is 55.4 Å². The lowest BCUT2D eigenvalue weighted by molar-refractivity contribution is 0.550. The molecule has 19 heavy (non-hydrogen) atoms. The van der Waals surface area contributed by atoms with E-state index in [9.17, 15) is 4.39 Å². The number of hydrogen-bond donors (Lipinski definition) is 1. The molecule has 1 heterocycles. The van der Waals surface area contributed by atoms with Crippen LogP contribution in [0.3, 0.4) is 0 Å². The molecule has 2 rings (SSSR count). The van der Waals surface area contributed by atoms with Crippen LogP contribution in [-0.2, 0) is 0 Å². The van der Waals surface area contributed by atoms with Crippen molar-refractivity contribution in [2.24, 2.45) is 0 Å². The van der Waals surface area contributed by atoms with Crippen molar-refractivity contribution in [1.29, 1.82) is 0 Å². The molecular weight excluding hydrogens is 349 g/mol. The highest BCUT2D eigenvalue weighted by molar-refractivity contribution is 9.10. The third kappa shape index (κ3) is 3.78. The first-order valence-electron chi connectivity index (χ1n) is 6.05. The molecule has 0 radical (unpaired) electrons. The smallest absolute Gasteiger partial charge is 0.129 e. The van der Waals surface area contributed by atoms with Crippen LogP contribution in [0.4, 0.5) is 4.39 Å². The van der Waals surface area contributed by atoms with Crippen LogP contribution in [0.25, 0.3) is 0 Å². The summed E-state index contributed by atoms with van der Waals surface area (Å²) >= 11 is 10.7. The lowest BCUT2D eigenvalue weighted by atomic mass is 10.0. The van der Waals surface area contributed by atoms with Crippen molar-refractivity contribution in [1.82, 2.24) is 5.32 Å². The average molecular weight is 363 g/mol. The van der Waals surface area contributed by atoms with E-state index in [2.05, 4.69) is 28.2 Å². The van der Waals surface area contributed by atoms with Crippen LogP contribution < -0.4 is 5.32 Å². The fourth-order valence-corrected chi connectivity index (χ4v) is 3.36. The summed E-state index contributed by atoms with van der Waals surface area (Å²) in [5.74, 6) is -0.215. The Labute approximate surface area is 129 Å². The molecule has 0 aliphatic carbocycles. The van der Waals surface area contributed by atoms with E-state index in [1.54, 1.807) is 6.07 Å². The summed E-state index contributed by atoms with van der Waals surface area (Å²) in [4.78, 5) is 1.03. The van der Waals surface area contributed by atoms with E-state index in [-0.39, 0.29) is 11.9 Å². The molecule has 1 atom stereocenters. The van der Waals surface area contributed by atoms with Gasteiger partial charge in [0.2, 0.25) is 0 Å². The first kappa shape index (κ1) is 15.0. The van der Waals surface area contributed by atoms with Gasteiger partial charge in [-0.2, -0.15) is 0 Å². The second-order valence-corrected chi connectivity index (χ2v) is 6.86. The highest BCUT2D eigenvalue weighted by Crippen LogP contribution is 2.32. The molecule has 1 aromatic heterocycles. The van der Waals surface area contributed by atoms with Crippen molar-refractivity contribution in [3.63, 3.8) is 0 Å². The molecule has 0 fully saturated rings. The fraction of sp³-hybridized carbons (Fsp3) is 0.286. The Morgan fingerprint density at radius 3 is 2.74 bits per heavy atom. The van der Waals surface area contributed by atoms with Crippen LogP contribution >= 0.6 is 38.9 Å². The zero-order valence-electron chi connectivity index (χ0n) is 10.4. The average Bonchev–Trinajstić information content (AvgIpc) is 2.78. The quantitative estimate of drug-likeness (QED) is 0.751. The van der Waals surface area contributed by atoms with Gasteiger partial charge in [-0.05, 0) is 37.2 Å². The Morgan fingerprint density at radius 1 is 1.37 bits per heavy atom. The van der Waals surface area contributed by atoms with Gasteiger partial charge in [0.05, 0.1) is 10.4 Å². The lowest BCUT2D eigenvalue weighted by Gasteiger charge is -2.18. The van der Waals surface area contributed by atoms with E-state index >= 15 is 0 Å². The van der Waals surface area contributed by atoms with Gasteiger partial charge < -0.3 is 5.32 Å². The maximum atomic E-state index is 14.1. The molecule has 1 aromatic carbocycles. The summed E-state index contributed by atoms with van der Waals surface area (Å²) < 4.78 is 15.6. The largest absolute Gasteiger partial charge is 0.306 e. The number of benzene rings is 1. The fourth-order valence-electron chi connectivity index (χ4n) is 1.87. The van der Waals surface area contributed by atoms with E-state index in [4.69, 9.17) is 11.6 Å². The van der Waals surface area contributed by atoms with Crippen molar-refractivity contribution in [2.75, 3.05) is 6.54 Å². The van der Waals surface area contributed by atoms with Crippen LogP contribution in [0.5, 0.6) is 0 Å². The molecule has 0 aliphatic heterocycles.